The number of hydrogen-bond donors (Lipinski definition) is 2. The van der Waals surface area contributed by atoms with Crippen molar-refractivity contribution in [2.75, 3.05) is 36.8 Å². The Morgan fingerprint density at radius 2 is 1.21 bits per heavy atom. The van der Waals surface area contributed by atoms with E-state index in [4.69, 9.17) is 4.98 Å². The van der Waals surface area contributed by atoms with Gasteiger partial charge in [0.2, 0.25) is 11.8 Å². The maximum atomic E-state index is 13.0. The average molecular weight is 516 g/mol. The molecular weight excluding hydrogens is 474 g/mol. The Hall–Kier alpha value is -3.03. The number of anilines is 2. The number of likely N-dealkylation sites (tertiary alicyclic amines) is 2. The van der Waals surface area contributed by atoms with Gasteiger partial charge in [0.15, 0.2) is 0 Å². The highest BCUT2D eigenvalue weighted by Gasteiger charge is 2.27. The van der Waals surface area contributed by atoms with Gasteiger partial charge >= 0.3 is 0 Å². The molecule has 38 heavy (non-hydrogen) atoms. The lowest BCUT2D eigenvalue weighted by atomic mass is 9.99. The second-order valence-electron chi connectivity index (χ2n) is 11.6. The van der Waals surface area contributed by atoms with Crippen molar-refractivity contribution in [1.82, 2.24) is 14.8 Å². The Balaban J connectivity index is 1.30. The highest BCUT2D eigenvalue weighted by molar-refractivity contribution is 6.00. The minimum atomic E-state index is -0.167. The van der Waals surface area contributed by atoms with Crippen LogP contribution < -0.4 is 10.6 Å². The van der Waals surface area contributed by atoms with Gasteiger partial charge in [0.1, 0.15) is 0 Å². The Kier molecular flexibility index (Phi) is 7.96. The molecule has 4 atom stereocenters. The molecule has 5 rings (SSSR count). The molecule has 0 radical (unpaired) electrons. The van der Waals surface area contributed by atoms with Crippen molar-refractivity contribution < 1.29 is 9.59 Å². The number of benzene rings is 2. The fraction of sp³-hybridized carbons (Fsp3) is 0.516. The molecule has 1 aromatic heterocycles. The number of carbonyl (C=O) groups excluding carboxylic acids is 2. The number of nitrogens with zero attached hydrogens (tertiary/aromatic N) is 3. The van der Waals surface area contributed by atoms with Crippen LogP contribution in [0.3, 0.4) is 0 Å². The number of amides is 2. The first-order chi connectivity index (χ1) is 18.3. The van der Waals surface area contributed by atoms with Crippen LogP contribution in [0.5, 0.6) is 0 Å². The first kappa shape index (κ1) is 26.6. The molecular formula is C31H41N5O2. The number of carbonyl (C=O) groups is 2. The Morgan fingerprint density at radius 3 is 1.63 bits per heavy atom. The fourth-order valence-corrected chi connectivity index (χ4v) is 5.96. The summed E-state index contributed by atoms with van der Waals surface area (Å²) >= 11 is 0. The van der Waals surface area contributed by atoms with Crippen molar-refractivity contribution in [3.05, 3.63) is 42.5 Å². The molecule has 7 nitrogen and oxygen atoms in total. The minimum absolute atomic E-state index is 0.0152. The third-order valence-electron chi connectivity index (χ3n) is 8.38. The highest BCUT2D eigenvalue weighted by Crippen LogP contribution is 2.26. The fourth-order valence-electron chi connectivity index (χ4n) is 5.96. The van der Waals surface area contributed by atoms with Crippen LogP contribution >= 0.6 is 0 Å². The van der Waals surface area contributed by atoms with Gasteiger partial charge in [0, 0.05) is 35.2 Å². The maximum absolute atomic E-state index is 13.0. The summed E-state index contributed by atoms with van der Waals surface area (Å²) in [6.07, 6.45) is 4.75. The van der Waals surface area contributed by atoms with E-state index in [9.17, 15) is 9.59 Å². The molecule has 2 aliphatic rings. The highest BCUT2D eigenvalue weighted by atomic mass is 16.2. The molecule has 2 amide bonds. The van der Waals surface area contributed by atoms with Gasteiger partial charge < -0.3 is 10.6 Å². The largest absolute Gasteiger partial charge is 0.325 e. The van der Waals surface area contributed by atoms with Gasteiger partial charge in [-0.25, -0.2) is 4.98 Å². The first-order valence-electron chi connectivity index (χ1n) is 14.2. The molecule has 2 N–H and O–H groups in total. The summed E-state index contributed by atoms with van der Waals surface area (Å²) in [5.41, 5.74) is 3.13. The van der Waals surface area contributed by atoms with Crippen LogP contribution in [0.4, 0.5) is 11.4 Å². The van der Waals surface area contributed by atoms with Gasteiger partial charge in [0.05, 0.1) is 23.1 Å². The molecule has 0 bridgehead atoms. The van der Waals surface area contributed by atoms with E-state index in [1.54, 1.807) is 0 Å². The molecule has 0 aliphatic carbocycles. The predicted molar refractivity (Wildman–Crippen MR) is 155 cm³/mol. The summed E-state index contributed by atoms with van der Waals surface area (Å²) in [6, 6.07) is 13.5. The molecule has 2 fully saturated rings. The van der Waals surface area contributed by atoms with Crippen LogP contribution in [0.1, 0.15) is 53.4 Å². The number of hydrogen-bond acceptors (Lipinski definition) is 5. The number of pyridine rings is 1. The number of fused-ring (bicyclic) bond motifs is 2. The summed E-state index contributed by atoms with van der Waals surface area (Å²) in [5, 5.41) is 8.22. The lowest BCUT2D eigenvalue weighted by molar-refractivity contribution is -0.122. The number of nitrogens with one attached hydrogen (secondary N) is 2. The molecule has 2 aromatic carbocycles. The Labute approximate surface area is 226 Å². The van der Waals surface area contributed by atoms with E-state index in [-0.39, 0.29) is 23.9 Å². The zero-order valence-electron chi connectivity index (χ0n) is 23.2. The molecule has 2 aliphatic heterocycles. The van der Waals surface area contributed by atoms with E-state index in [2.05, 4.69) is 40.3 Å². The third-order valence-corrected chi connectivity index (χ3v) is 8.38. The van der Waals surface area contributed by atoms with Gasteiger partial charge in [-0.1, -0.05) is 26.0 Å². The summed E-state index contributed by atoms with van der Waals surface area (Å²) in [7, 11) is 0. The zero-order valence-corrected chi connectivity index (χ0v) is 23.2. The predicted octanol–water partition coefficient (Wildman–Crippen LogP) is 5.51. The van der Waals surface area contributed by atoms with Crippen LogP contribution in [-0.4, -0.2) is 64.9 Å². The molecule has 202 valence electrons. The summed E-state index contributed by atoms with van der Waals surface area (Å²) < 4.78 is 0. The number of piperidine rings is 2. The van der Waals surface area contributed by atoms with Crippen LogP contribution in [0, 0.1) is 11.8 Å². The standard InChI is InChI=1S/C31H41N5O2/c1-20-7-5-13-35(18-20)22(3)30(37)32-26-11-9-24-15-25-10-12-27(17-29(25)34-28(24)16-26)33-31(38)23(4)36-14-6-8-21(2)19-36/h9-12,15-17,20-23H,5-8,13-14,18-19H2,1-4H3,(H,32,37)(H,33,38). The lowest BCUT2D eigenvalue weighted by Gasteiger charge is -2.34. The van der Waals surface area contributed by atoms with E-state index in [1.807, 2.05) is 50.2 Å². The molecule has 4 unspecified atom stereocenters. The smallest absolute Gasteiger partial charge is 0.241 e. The van der Waals surface area contributed by atoms with Crippen molar-refractivity contribution in [1.29, 1.82) is 0 Å². The minimum Gasteiger partial charge on any atom is -0.325 e. The first-order valence-corrected chi connectivity index (χ1v) is 14.2. The average Bonchev–Trinajstić information content (AvgIpc) is 2.91. The van der Waals surface area contributed by atoms with E-state index in [1.165, 1.54) is 12.8 Å². The second kappa shape index (κ2) is 11.4. The molecule has 2 saturated heterocycles. The SMILES string of the molecule is CC1CCCN(C(C)C(=O)Nc2ccc3cc4ccc(NC(=O)C(C)N5CCCC(C)C5)cc4nc3c2)C1. The van der Waals surface area contributed by atoms with Gasteiger partial charge in [-0.05, 0) is 94.8 Å². The third kappa shape index (κ3) is 6.00. The van der Waals surface area contributed by atoms with Crippen molar-refractivity contribution in [2.45, 2.75) is 65.5 Å². The molecule has 3 aromatic rings. The van der Waals surface area contributed by atoms with Crippen LogP contribution in [0.2, 0.25) is 0 Å². The number of rotatable bonds is 6. The summed E-state index contributed by atoms with van der Waals surface area (Å²) in [4.78, 5) is 35.4. The molecule has 0 spiro atoms. The lowest BCUT2D eigenvalue weighted by Crippen LogP contribution is -2.46. The topological polar surface area (TPSA) is 77.6 Å². The Morgan fingerprint density at radius 1 is 0.763 bits per heavy atom. The molecule has 3 heterocycles. The summed E-state index contributed by atoms with van der Waals surface area (Å²) in [5.74, 6) is 1.29. The van der Waals surface area contributed by atoms with E-state index in [0.29, 0.717) is 11.8 Å². The van der Waals surface area contributed by atoms with E-state index >= 15 is 0 Å². The van der Waals surface area contributed by atoms with Crippen LogP contribution in [0.25, 0.3) is 21.8 Å². The van der Waals surface area contributed by atoms with E-state index < -0.39 is 0 Å². The van der Waals surface area contributed by atoms with Crippen molar-refractivity contribution >= 4 is 45.0 Å². The van der Waals surface area contributed by atoms with Gasteiger partial charge in [-0.2, -0.15) is 0 Å². The normalized spacial score (nSPS) is 22.7. The molecule has 0 saturated carbocycles. The van der Waals surface area contributed by atoms with Crippen LogP contribution in [-0.2, 0) is 9.59 Å². The quantitative estimate of drug-likeness (QED) is 0.424. The number of aromatic nitrogens is 1. The van der Waals surface area contributed by atoms with Gasteiger partial charge in [0.25, 0.3) is 0 Å². The van der Waals surface area contributed by atoms with Gasteiger partial charge in [-0.3, -0.25) is 19.4 Å². The van der Waals surface area contributed by atoms with Gasteiger partial charge in [-0.15, -0.1) is 0 Å². The Bertz CT molecular complexity index is 1230. The maximum Gasteiger partial charge on any atom is 0.241 e. The van der Waals surface area contributed by atoms with Crippen molar-refractivity contribution in [2.24, 2.45) is 11.8 Å². The molecule has 7 heteroatoms. The zero-order chi connectivity index (χ0) is 26.8. The monoisotopic (exact) mass is 515 g/mol. The van der Waals surface area contributed by atoms with Crippen molar-refractivity contribution in [3.8, 4) is 0 Å². The summed E-state index contributed by atoms with van der Waals surface area (Å²) in [6.45, 7) is 12.4. The van der Waals surface area contributed by atoms with Crippen molar-refractivity contribution in [3.63, 3.8) is 0 Å². The van der Waals surface area contributed by atoms with Crippen LogP contribution in [0.15, 0.2) is 42.5 Å². The second-order valence-corrected chi connectivity index (χ2v) is 11.6. The van der Waals surface area contributed by atoms with E-state index in [0.717, 1.165) is 72.2 Å².